The van der Waals surface area contributed by atoms with Crippen molar-refractivity contribution in [3.8, 4) is 5.75 Å². The highest BCUT2D eigenvalue weighted by molar-refractivity contribution is 9.11. The number of ether oxygens (including phenoxy) is 1. The number of hydrogen-bond acceptors (Lipinski definition) is 5. The van der Waals surface area contributed by atoms with Crippen molar-refractivity contribution in [2.45, 2.75) is 6.42 Å². The van der Waals surface area contributed by atoms with E-state index < -0.39 is 10.8 Å². The second-order valence-corrected chi connectivity index (χ2v) is 6.98. The monoisotopic (exact) mass is 495 g/mol. The van der Waals surface area contributed by atoms with Gasteiger partial charge < -0.3 is 4.74 Å². The summed E-state index contributed by atoms with van der Waals surface area (Å²) in [6, 6.07) is 9.65. The molecule has 0 spiro atoms. The number of nitro groups is 1. The number of carbonyl (C=O) groups is 1. The Kier molecular flexibility index (Phi) is 7.68. The number of nitro benzene ring substituents is 1. The summed E-state index contributed by atoms with van der Waals surface area (Å²) < 4.78 is 6.96. The standard InChI is InChI=1S/C18H15Br2N3O4/c1-2-7-27-18-14(19)8-12(9-15(18)20)11-21-22-17(24)10-13-5-3-4-6-16(13)23(25)26/h2-6,8-9,11H,1,7,10H2,(H,22,24). The molecule has 0 atom stereocenters. The van der Waals surface area contributed by atoms with Gasteiger partial charge in [0.05, 0.1) is 26.5 Å². The van der Waals surface area contributed by atoms with Crippen LogP contribution in [0.25, 0.3) is 0 Å². The number of nitrogens with one attached hydrogen (secondary N) is 1. The normalized spacial score (nSPS) is 10.6. The molecule has 0 radical (unpaired) electrons. The molecular weight excluding hydrogens is 482 g/mol. The maximum Gasteiger partial charge on any atom is 0.273 e. The van der Waals surface area contributed by atoms with Crippen molar-refractivity contribution in [2.75, 3.05) is 6.61 Å². The Bertz CT molecular complexity index is 877. The number of halogens is 2. The SMILES string of the molecule is C=CCOc1c(Br)cc(C=NNC(=O)Cc2ccccc2[N+](=O)[O-])cc1Br. The number of amides is 1. The van der Waals surface area contributed by atoms with Crippen LogP contribution in [0.3, 0.4) is 0 Å². The van der Waals surface area contributed by atoms with Gasteiger partial charge >= 0.3 is 0 Å². The van der Waals surface area contributed by atoms with Gasteiger partial charge in [-0.3, -0.25) is 14.9 Å². The third-order valence-electron chi connectivity index (χ3n) is 3.31. The van der Waals surface area contributed by atoms with E-state index in [9.17, 15) is 14.9 Å². The summed E-state index contributed by atoms with van der Waals surface area (Å²) in [6.45, 7) is 3.97. The van der Waals surface area contributed by atoms with Crippen LogP contribution in [0.5, 0.6) is 5.75 Å². The average molecular weight is 497 g/mol. The molecule has 0 saturated carbocycles. The maximum absolute atomic E-state index is 12.0. The summed E-state index contributed by atoms with van der Waals surface area (Å²) in [6.07, 6.45) is 2.96. The molecule has 0 bridgehead atoms. The van der Waals surface area contributed by atoms with Gasteiger partial charge in [0.2, 0.25) is 5.91 Å². The predicted molar refractivity (Wildman–Crippen MR) is 110 cm³/mol. The van der Waals surface area contributed by atoms with Gasteiger partial charge in [0, 0.05) is 11.6 Å². The summed E-state index contributed by atoms with van der Waals surface area (Å²) in [5.41, 5.74) is 3.31. The smallest absolute Gasteiger partial charge is 0.273 e. The highest BCUT2D eigenvalue weighted by atomic mass is 79.9. The third-order valence-corrected chi connectivity index (χ3v) is 4.49. The van der Waals surface area contributed by atoms with Crippen molar-refractivity contribution in [2.24, 2.45) is 5.10 Å². The first-order valence-electron chi connectivity index (χ1n) is 7.69. The van der Waals surface area contributed by atoms with Gasteiger partial charge in [0.25, 0.3) is 5.69 Å². The van der Waals surface area contributed by atoms with Gasteiger partial charge in [-0.1, -0.05) is 30.9 Å². The average Bonchev–Trinajstić information content (AvgIpc) is 2.61. The fraction of sp³-hybridized carbons (Fsp3) is 0.111. The highest BCUT2D eigenvalue weighted by Crippen LogP contribution is 2.34. The summed E-state index contributed by atoms with van der Waals surface area (Å²) in [4.78, 5) is 22.5. The van der Waals surface area contributed by atoms with Crippen molar-refractivity contribution < 1.29 is 14.5 Å². The minimum Gasteiger partial charge on any atom is -0.487 e. The molecule has 27 heavy (non-hydrogen) atoms. The molecule has 0 fully saturated rings. The summed E-state index contributed by atoms with van der Waals surface area (Å²) in [7, 11) is 0. The highest BCUT2D eigenvalue weighted by Gasteiger charge is 2.15. The Labute approximate surface area is 172 Å². The van der Waals surface area contributed by atoms with Crippen molar-refractivity contribution >= 4 is 49.7 Å². The fourth-order valence-corrected chi connectivity index (χ4v) is 3.61. The molecule has 0 aromatic heterocycles. The molecule has 140 valence electrons. The van der Waals surface area contributed by atoms with Crippen LogP contribution in [0.1, 0.15) is 11.1 Å². The topological polar surface area (TPSA) is 93.8 Å². The molecule has 0 heterocycles. The quantitative estimate of drug-likeness (QED) is 0.254. The van der Waals surface area contributed by atoms with Gasteiger partial charge in [-0.05, 0) is 49.6 Å². The molecule has 7 nitrogen and oxygen atoms in total. The molecule has 0 unspecified atom stereocenters. The second kappa shape index (κ2) is 9.98. The van der Waals surface area contributed by atoms with E-state index in [2.05, 4.69) is 49.0 Å². The minimum absolute atomic E-state index is 0.0976. The first kappa shape index (κ1) is 20.8. The van der Waals surface area contributed by atoms with Crippen LogP contribution in [0.2, 0.25) is 0 Å². The van der Waals surface area contributed by atoms with Gasteiger partial charge in [-0.15, -0.1) is 0 Å². The van der Waals surface area contributed by atoms with Crippen LogP contribution in [-0.2, 0) is 11.2 Å². The molecule has 0 aliphatic carbocycles. The number of hydrogen-bond donors (Lipinski definition) is 1. The van der Waals surface area contributed by atoms with E-state index in [1.807, 2.05) is 0 Å². The van der Waals surface area contributed by atoms with E-state index in [-0.39, 0.29) is 12.1 Å². The number of carbonyl (C=O) groups excluding carboxylic acids is 1. The largest absolute Gasteiger partial charge is 0.487 e. The van der Waals surface area contributed by atoms with E-state index >= 15 is 0 Å². The lowest BCUT2D eigenvalue weighted by Crippen LogP contribution is -2.20. The van der Waals surface area contributed by atoms with E-state index in [0.29, 0.717) is 32.4 Å². The van der Waals surface area contributed by atoms with Gasteiger partial charge in [0.1, 0.15) is 12.4 Å². The van der Waals surface area contributed by atoms with Crippen LogP contribution in [-0.4, -0.2) is 23.7 Å². The van der Waals surface area contributed by atoms with E-state index in [4.69, 9.17) is 4.74 Å². The maximum atomic E-state index is 12.0. The fourth-order valence-electron chi connectivity index (χ4n) is 2.16. The van der Waals surface area contributed by atoms with Crippen molar-refractivity contribution in [3.05, 3.63) is 79.2 Å². The van der Waals surface area contributed by atoms with Crippen LogP contribution in [0.4, 0.5) is 5.69 Å². The number of benzene rings is 2. The molecule has 2 aromatic carbocycles. The van der Waals surface area contributed by atoms with E-state index in [1.165, 1.54) is 18.3 Å². The Balaban J connectivity index is 2.02. The lowest BCUT2D eigenvalue weighted by atomic mass is 10.1. The Morgan fingerprint density at radius 1 is 1.30 bits per heavy atom. The van der Waals surface area contributed by atoms with Crippen LogP contribution < -0.4 is 10.2 Å². The third kappa shape index (κ3) is 6.00. The molecule has 1 amide bonds. The molecule has 0 aliphatic heterocycles. The molecule has 2 rings (SSSR count). The lowest BCUT2D eigenvalue weighted by Gasteiger charge is -2.09. The Morgan fingerprint density at radius 2 is 1.96 bits per heavy atom. The summed E-state index contributed by atoms with van der Waals surface area (Å²) in [5, 5.41) is 14.9. The van der Waals surface area contributed by atoms with Crippen LogP contribution in [0, 0.1) is 10.1 Å². The molecule has 9 heteroatoms. The van der Waals surface area contributed by atoms with E-state index in [0.717, 1.165) is 0 Å². The van der Waals surface area contributed by atoms with Crippen molar-refractivity contribution in [1.82, 2.24) is 5.43 Å². The van der Waals surface area contributed by atoms with Crippen molar-refractivity contribution in [3.63, 3.8) is 0 Å². The predicted octanol–water partition coefficient (Wildman–Crippen LogP) is 4.38. The zero-order valence-electron chi connectivity index (χ0n) is 14.0. The second-order valence-electron chi connectivity index (χ2n) is 5.27. The number of hydrazone groups is 1. The number of rotatable bonds is 8. The first-order chi connectivity index (χ1) is 12.9. The van der Waals surface area contributed by atoms with Gasteiger partial charge in [-0.25, -0.2) is 5.43 Å². The molecule has 1 N–H and O–H groups in total. The molecule has 0 aliphatic rings. The zero-order chi connectivity index (χ0) is 19.8. The van der Waals surface area contributed by atoms with Gasteiger partial charge in [-0.2, -0.15) is 5.10 Å². The molecule has 0 saturated heterocycles. The summed E-state index contributed by atoms with van der Waals surface area (Å²) >= 11 is 6.83. The Hall–Kier alpha value is -2.52. The molecule has 2 aromatic rings. The van der Waals surface area contributed by atoms with Crippen molar-refractivity contribution in [1.29, 1.82) is 0 Å². The number of para-hydroxylation sites is 1. The van der Waals surface area contributed by atoms with E-state index in [1.54, 1.807) is 30.3 Å². The molecular formula is C18H15Br2N3O4. The van der Waals surface area contributed by atoms with Gasteiger partial charge in [0.15, 0.2) is 0 Å². The zero-order valence-corrected chi connectivity index (χ0v) is 17.2. The van der Waals surface area contributed by atoms with Crippen LogP contribution in [0.15, 0.2) is 63.1 Å². The number of nitrogens with zero attached hydrogens (tertiary/aromatic N) is 2. The lowest BCUT2D eigenvalue weighted by molar-refractivity contribution is -0.385. The van der Waals surface area contributed by atoms with Crippen LogP contribution >= 0.6 is 31.9 Å². The summed E-state index contributed by atoms with van der Waals surface area (Å²) in [5.74, 6) is 0.178. The Morgan fingerprint density at radius 3 is 2.59 bits per heavy atom. The minimum atomic E-state index is -0.517. The first-order valence-corrected chi connectivity index (χ1v) is 9.28.